The highest BCUT2D eigenvalue weighted by Gasteiger charge is 2.12. The Morgan fingerprint density at radius 2 is 1.96 bits per heavy atom. The first-order chi connectivity index (χ1) is 12.2. The molecule has 0 bridgehead atoms. The third kappa shape index (κ3) is 2.99. The molecule has 0 radical (unpaired) electrons. The molecule has 0 unspecified atom stereocenters. The van der Waals surface area contributed by atoms with Crippen LogP contribution in [0.4, 0.5) is 5.13 Å². The quantitative estimate of drug-likeness (QED) is 0.568. The number of benzene rings is 2. The number of hydrogen-bond acceptors (Lipinski definition) is 4. The van der Waals surface area contributed by atoms with Gasteiger partial charge in [-0.25, -0.2) is 4.98 Å². The summed E-state index contributed by atoms with van der Waals surface area (Å²) in [5.41, 5.74) is 3.49. The molecule has 0 saturated carbocycles. The van der Waals surface area contributed by atoms with E-state index in [1.54, 1.807) is 31.4 Å². The van der Waals surface area contributed by atoms with Crippen molar-refractivity contribution < 1.29 is 9.53 Å². The Morgan fingerprint density at radius 1 is 1.16 bits per heavy atom. The maximum absolute atomic E-state index is 12.3. The van der Waals surface area contributed by atoms with Gasteiger partial charge in [0.15, 0.2) is 5.13 Å². The minimum Gasteiger partial charge on any atom is -0.497 e. The molecule has 0 saturated heterocycles. The Bertz CT molecular complexity index is 1030. The van der Waals surface area contributed by atoms with E-state index in [0.717, 1.165) is 22.2 Å². The summed E-state index contributed by atoms with van der Waals surface area (Å²) in [6.07, 6.45) is 1.94. The second kappa shape index (κ2) is 6.41. The number of para-hydroxylation sites is 1. The van der Waals surface area contributed by atoms with E-state index in [1.165, 1.54) is 11.3 Å². The van der Waals surface area contributed by atoms with Crippen LogP contribution in [0.3, 0.4) is 0 Å². The Morgan fingerprint density at radius 3 is 2.76 bits per heavy atom. The van der Waals surface area contributed by atoms with Crippen LogP contribution >= 0.6 is 11.3 Å². The van der Waals surface area contributed by atoms with Crippen LogP contribution in [0.25, 0.3) is 22.2 Å². The molecule has 5 nitrogen and oxygen atoms in total. The van der Waals surface area contributed by atoms with Gasteiger partial charge in [-0.1, -0.05) is 18.2 Å². The summed E-state index contributed by atoms with van der Waals surface area (Å²) in [7, 11) is 1.59. The first-order valence-electron chi connectivity index (χ1n) is 7.72. The highest BCUT2D eigenvalue weighted by molar-refractivity contribution is 7.14. The number of methoxy groups -OCH3 is 1. The average Bonchev–Trinajstić information content (AvgIpc) is 3.28. The fraction of sp³-hybridized carbons (Fsp3) is 0.0526. The predicted molar refractivity (Wildman–Crippen MR) is 100 cm³/mol. The second-order valence-electron chi connectivity index (χ2n) is 5.47. The topological polar surface area (TPSA) is 67.0 Å². The molecule has 0 atom stereocenters. The van der Waals surface area contributed by atoms with E-state index in [0.29, 0.717) is 16.4 Å². The SMILES string of the molecule is COc1ccc(C(=O)Nc2nc(-c3c[nH]c4ccccc34)cs2)cc1. The number of carbonyl (C=O) groups excluding carboxylic acids is 1. The number of H-pyrrole nitrogens is 1. The molecule has 0 aliphatic carbocycles. The largest absolute Gasteiger partial charge is 0.497 e. The zero-order valence-corrected chi connectivity index (χ0v) is 14.3. The van der Waals surface area contributed by atoms with E-state index in [-0.39, 0.29) is 5.91 Å². The smallest absolute Gasteiger partial charge is 0.257 e. The fourth-order valence-electron chi connectivity index (χ4n) is 2.65. The average molecular weight is 349 g/mol. The number of carbonyl (C=O) groups is 1. The van der Waals surface area contributed by atoms with Gasteiger partial charge in [-0.15, -0.1) is 11.3 Å². The van der Waals surface area contributed by atoms with E-state index in [9.17, 15) is 4.79 Å². The number of aromatic nitrogens is 2. The number of hydrogen-bond donors (Lipinski definition) is 2. The van der Waals surface area contributed by atoms with Gasteiger partial charge in [0.05, 0.1) is 12.8 Å². The van der Waals surface area contributed by atoms with E-state index in [4.69, 9.17) is 4.74 Å². The molecule has 2 aromatic carbocycles. The minimum atomic E-state index is -0.192. The van der Waals surface area contributed by atoms with E-state index in [1.807, 2.05) is 29.8 Å². The van der Waals surface area contributed by atoms with E-state index < -0.39 is 0 Å². The number of thiazole rings is 1. The molecule has 0 spiro atoms. The zero-order valence-electron chi connectivity index (χ0n) is 13.4. The lowest BCUT2D eigenvalue weighted by atomic mass is 10.1. The lowest BCUT2D eigenvalue weighted by Gasteiger charge is -2.03. The van der Waals surface area contributed by atoms with Gasteiger partial charge < -0.3 is 9.72 Å². The summed E-state index contributed by atoms with van der Waals surface area (Å²) < 4.78 is 5.10. The van der Waals surface area contributed by atoms with Gasteiger partial charge in [-0.3, -0.25) is 10.1 Å². The lowest BCUT2D eigenvalue weighted by Crippen LogP contribution is -2.11. The molecule has 25 heavy (non-hydrogen) atoms. The van der Waals surface area contributed by atoms with Crippen molar-refractivity contribution in [2.45, 2.75) is 0 Å². The number of nitrogens with one attached hydrogen (secondary N) is 2. The van der Waals surface area contributed by atoms with Gasteiger partial charge in [0.1, 0.15) is 5.75 Å². The number of amides is 1. The van der Waals surface area contributed by atoms with Gasteiger partial charge in [-0.05, 0) is 30.3 Å². The van der Waals surface area contributed by atoms with Crippen LogP contribution in [-0.4, -0.2) is 23.0 Å². The Labute approximate surface area is 148 Å². The highest BCUT2D eigenvalue weighted by Crippen LogP contribution is 2.31. The van der Waals surface area contributed by atoms with Crippen LogP contribution in [0.2, 0.25) is 0 Å². The van der Waals surface area contributed by atoms with Gasteiger partial charge in [0.25, 0.3) is 5.91 Å². The van der Waals surface area contributed by atoms with Crippen molar-refractivity contribution in [2.24, 2.45) is 0 Å². The second-order valence-corrected chi connectivity index (χ2v) is 6.33. The Hall–Kier alpha value is -3.12. The summed E-state index contributed by atoms with van der Waals surface area (Å²) in [6.45, 7) is 0. The molecule has 4 aromatic rings. The molecular weight excluding hydrogens is 334 g/mol. The molecule has 4 rings (SSSR count). The Kier molecular flexibility index (Phi) is 3.95. The molecule has 1 amide bonds. The first kappa shape index (κ1) is 15.4. The Balaban J connectivity index is 1.55. The van der Waals surface area contributed by atoms with Crippen LogP contribution in [0, 0.1) is 0 Å². The van der Waals surface area contributed by atoms with Crippen molar-refractivity contribution in [3.8, 4) is 17.0 Å². The van der Waals surface area contributed by atoms with Gasteiger partial charge in [0, 0.05) is 33.6 Å². The monoisotopic (exact) mass is 349 g/mol. The number of nitrogens with zero attached hydrogens (tertiary/aromatic N) is 1. The van der Waals surface area contributed by atoms with E-state index in [2.05, 4.69) is 21.4 Å². The van der Waals surface area contributed by atoms with Crippen molar-refractivity contribution in [3.63, 3.8) is 0 Å². The molecular formula is C19H15N3O2S. The van der Waals surface area contributed by atoms with Gasteiger partial charge >= 0.3 is 0 Å². The van der Waals surface area contributed by atoms with Gasteiger partial charge in [-0.2, -0.15) is 0 Å². The van der Waals surface area contributed by atoms with Crippen LogP contribution in [0.5, 0.6) is 5.75 Å². The number of fused-ring (bicyclic) bond motifs is 1. The van der Waals surface area contributed by atoms with Gasteiger partial charge in [0.2, 0.25) is 0 Å². The van der Waals surface area contributed by atoms with Crippen molar-refractivity contribution in [1.82, 2.24) is 9.97 Å². The molecule has 124 valence electrons. The van der Waals surface area contributed by atoms with Crippen molar-refractivity contribution in [2.75, 3.05) is 12.4 Å². The molecule has 0 fully saturated rings. The van der Waals surface area contributed by atoms with Crippen LogP contribution < -0.4 is 10.1 Å². The van der Waals surface area contributed by atoms with Crippen molar-refractivity contribution in [1.29, 1.82) is 0 Å². The van der Waals surface area contributed by atoms with Crippen LogP contribution in [-0.2, 0) is 0 Å². The number of rotatable bonds is 4. The molecule has 0 aliphatic heterocycles. The summed E-state index contributed by atoms with van der Waals surface area (Å²) in [4.78, 5) is 20.1. The summed E-state index contributed by atoms with van der Waals surface area (Å²) in [6, 6.07) is 15.0. The number of aromatic amines is 1. The normalized spacial score (nSPS) is 10.8. The maximum atomic E-state index is 12.3. The summed E-state index contributed by atoms with van der Waals surface area (Å²) in [5.74, 6) is 0.523. The zero-order chi connectivity index (χ0) is 17.2. The lowest BCUT2D eigenvalue weighted by molar-refractivity contribution is 0.102. The highest BCUT2D eigenvalue weighted by atomic mass is 32.1. The molecule has 2 aromatic heterocycles. The minimum absolute atomic E-state index is 0.192. The maximum Gasteiger partial charge on any atom is 0.257 e. The van der Waals surface area contributed by atoms with Crippen LogP contribution in [0.1, 0.15) is 10.4 Å². The van der Waals surface area contributed by atoms with E-state index >= 15 is 0 Å². The van der Waals surface area contributed by atoms with Crippen molar-refractivity contribution >= 4 is 33.3 Å². The third-order valence-corrected chi connectivity index (χ3v) is 4.70. The van der Waals surface area contributed by atoms with Crippen LogP contribution in [0.15, 0.2) is 60.1 Å². The number of anilines is 1. The number of ether oxygens (including phenoxy) is 1. The summed E-state index contributed by atoms with van der Waals surface area (Å²) in [5, 5.41) is 6.47. The fourth-order valence-corrected chi connectivity index (χ4v) is 3.36. The standard InChI is InChI=1S/C19H15N3O2S/c1-24-13-8-6-12(7-9-13)18(23)22-19-21-17(11-25-19)15-10-20-16-5-3-2-4-14(15)16/h2-11,20H,1H3,(H,21,22,23). The predicted octanol–water partition coefficient (Wildman–Crippen LogP) is 4.55. The summed E-state index contributed by atoms with van der Waals surface area (Å²) >= 11 is 1.41. The first-order valence-corrected chi connectivity index (χ1v) is 8.60. The molecule has 2 N–H and O–H groups in total. The third-order valence-electron chi connectivity index (χ3n) is 3.94. The molecule has 2 heterocycles. The molecule has 6 heteroatoms. The molecule has 0 aliphatic rings. The van der Waals surface area contributed by atoms with Crippen molar-refractivity contribution in [3.05, 3.63) is 65.7 Å².